The lowest BCUT2D eigenvalue weighted by molar-refractivity contribution is -0.128. The van der Waals surface area contributed by atoms with E-state index in [9.17, 15) is 9.59 Å². The normalized spacial score (nSPS) is 16.3. The van der Waals surface area contributed by atoms with Gasteiger partial charge in [0.2, 0.25) is 5.91 Å². The second-order valence-corrected chi connectivity index (χ2v) is 5.51. The minimum absolute atomic E-state index is 0.172. The second kappa shape index (κ2) is 6.70. The molecule has 2 amide bonds. The Morgan fingerprint density at radius 3 is 3.05 bits per heavy atom. The Morgan fingerprint density at radius 1 is 1.60 bits per heavy atom. The van der Waals surface area contributed by atoms with Crippen LogP contribution in [0.15, 0.2) is 18.3 Å². The van der Waals surface area contributed by atoms with Gasteiger partial charge in [-0.2, -0.15) is 0 Å². The van der Waals surface area contributed by atoms with Crippen molar-refractivity contribution in [2.24, 2.45) is 5.92 Å². The molecule has 2 heterocycles. The van der Waals surface area contributed by atoms with Gasteiger partial charge in [-0.25, -0.2) is 4.98 Å². The molecule has 0 saturated carbocycles. The summed E-state index contributed by atoms with van der Waals surface area (Å²) in [7, 11) is 0. The lowest BCUT2D eigenvalue weighted by Crippen LogP contribution is -2.36. The van der Waals surface area contributed by atoms with Crippen LogP contribution in [0.5, 0.6) is 0 Å². The van der Waals surface area contributed by atoms with Crippen molar-refractivity contribution in [1.82, 2.24) is 15.2 Å². The Kier molecular flexibility index (Phi) is 4.95. The van der Waals surface area contributed by atoms with Crippen LogP contribution in [0.25, 0.3) is 0 Å². The molecule has 0 radical (unpaired) electrons. The van der Waals surface area contributed by atoms with E-state index in [1.807, 2.05) is 11.8 Å². The molecule has 1 N–H and O–H groups in total. The molecule has 1 fully saturated rings. The van der Waals surface area contributed by atoms with Crippen molar-refractivity contribution >= 4 is 23.4 Å². The van der Waals surface area contributed by atoms with E-state index in [1.165, 1.54) is 12.3 Å². The average molecular weight is 296 g/mol. The molecule has 108 valence electrons. The van der Waals surface area contributed by atoms with Gasteiger partial charge in [-0.1, -0.05) is 18.5 Å². The van der Waals surface area contributed by atoms with Crippen molar-refractivity contribution in [2.45, 2.75) is 19.8 Å². The third-order valence-electron chi connectivity index (χ3n) is 3.30. The Bertz CT molecular complexity index is 507. The first kappa shape index (κ1) is 14.8. The van der Waals surface area contributed by atoms with Crippen molar-refractivity contribution < 1.29 is 9.59 Å². The molecule has 5 nitrogen and oxygen atoms in total. The van der Waals surface area contributed by atoms with Gasteiger partial charge in [0.15, 0.2) is 0 Å². The molecule has 1 aliphatic rings. The first-order valence-electron chi connectivity index (χ1n) is 6.74. The molecule has 20 heavy (non-hydrogen) atoms. The minimum Gasteiger partial charge on any atom is -0.352 e. The van der Waals surface area contributed by atoms with E-state index in [4.69, 9.17) is 11.6 Å². The molecule has 1 saturated heterocycles. The Balaban J connectivity index is 1.79. The third-order valence-corrected chi connectivity index (χ3v) is 3.51. The Labute approximate surface area is 123 Å². The summed E-state index contributed by atoms with van der Waals surface area (Å²) in [5.74, 6) is 0.260. The van der Waals surface area contributed by atoms with Crippen LogP contribution in [0.1, 0.15) is 30.1 Å². The van der Waals surface area contributed by atoms with Crippen molar-refractivity contribution in [3.05, 3.63) is 29.0 Å². The van der Waals surface area contributed by atoms with Crippen LogP contribution in [0.4, 0.5) is 0 Å². The lowest BCUT2D eigenvalue weighted by atomic mass is 10.1. The van der Waals surface area contributed by atoms with Gasteiger partial charge in [-0.15, -0.1) is 0 Å². The van der Waals surface area contributed by atoms with Crippen molar-refractivity contribution in [3.8, 4) is 0 Å². The maximum absolute atomic E-state index is 11.9. The van der Waals surface area contributed by atoms with Crippen LogP contribution in [0.2, 0.25) is 5.15 Å². The van der Waals surface area contributed by atoms with Crippen LogP contribution < -0.4 is 5.32 Å². The van der Waals surface area contributed by atoms with Gasteiger partial charge in [-0.3, -0.25) is 9.59 Å². The number of likely N-dealkylation sites (tertiary alicyclic amines) is 1. The molecule has 1 aliphatic heterocycles. The molecule has 0 bridgehead atoms. The number of nitrogens with one attached hydrogen (secondary N) is 1. The summed E-state index contributed by atoms with van der Waals surface area (Å²) in [5.41, 5.74) is 0.495. The summed E-state index contributed by atoms with van der Waals surface area (Å²) in [5, 5.41) is 3.15. The van der Waals surface area contributed by atoms with E-state index in [-0.39, 0.29) is 17.7 Å². The van der Waals surface area contributed by atoms with E-state index >= 15 is 0 Å². The molecule has 1 aromatic heterocycles. The highest BCUT2D eigenvalue weighted by Gasteiger charge is 2.21. The zero-order valence-corrected chi connectivity index (χ0v) is 12.2. The molecular formula is C14H18ClN3O2. The fourth-order valence-electron chi connectivity index (χ4n) is 2.25. The fourth-order valence-corrected chi connectivity index (χ4v) is 2.42. The molecule has 6 heteroatoms. The van der Waals surface area contributed by atoms with E-state index in [0.717, 1.165) is 13.0 Å². The number of aromatic nitrogens is 1. The minimum atomic E-state index is -0.172. The molecule has 2 rings (SSSR count). The Morgan fingerprint density at radius 2 is 2.40 bits per heavy atom. The summed E-state index contributed by atoms with van der Waals surface area (Å²) in [6.07, 6.45) is 3.09. The van der Waals surface area contributed by atoms with Gasteiger partial charge >= 0.3 is 0 Å². The third kappa shape index (κ3) is 3.93. The number of rotatable bonds is 5. The zero-order chi connectivity index (χ0) is 14.5. The Hall–Kier alpha value is -1.62. The monoisotopic (exact) mass is 295 g/mol. The van der Waals surface area contributed by atoms with Crippen LogP contribution in [-0.2, 0) is 4.79 Å². The standard InChI is InChI=1S/C14H18ClN3O2/c1-10(9-18-6-2-3-13(18)19)8-17-14(20)11-4-5-16-12(15)7-11/h4-5,7,10H,2-3,6,8-9H2,1H3,(H,17,20)/t10-/m0/s1. The average Bonchev–Trinajstić information content (AvgIpc) is 2.81. The van der Waals surface area contributed by atoms with Gasteiger partial charge in [0.1, 0.15) is 5.15 Å². The number of pyridine rings is 1. The second-order valence-electron chi connectivity index (χ2n) is 5.13. The lowest BCUT2D eigenvalue weighted by Gasteiger charge is -2.21. The molecule has 0 aromatic carbocycles. The molecule has 0 aliphatic carbocycles. The van der Waals surface area contributed by atoms with Crippen molar-refractivity contribution in [1.29, 1.82) is 0 Å². The SMILES string of the molecule is C[C@@H](CNC(=O)c1ccnc(Cl)c1)CN1CCCC1=O. The number of halogens is 1. The van der Waals surface area contributed by atoms with Gasteiger partial charge < -0.3 is 10.2 Å². The number of hydrogen-bond donors (Lipinski definition) is 1. The summed E-state index contributed by atoms with van der Waals surface area (Å²) >= 11 is 5.75. The fraction of sp³-hybridized carbons (Fsp3) is 0.500. The summed E-state index contributed by atoms with van der Waals surface area (Å²) in [6, 6.07) is 3.15. The first-order chi connectivity index (χ1) is 9.56. The topological polar surface area (TPSA) is 62.3 Å². The summed E-state index contributed by atoms with van der Waals surface area (Å²) < 4.78 is 0. The van der Waals surface area contributed by atoms with Crippen LogP contribution in [0, 0.1) is 5.92 Å². The molecular weight excluding hydrogens is 278 g/mol. The number of carbonyl (C=O) groups is 2. The zero-order valence-electron chi connectivity index (χ0n) is 11.4. The predicted molar refractivity (Wildman–Crippen MR) is 76.6 cm³/mol. The van der Waals surface area contributed by atoms with Crippen LogP contribution in [0.3, 0.4) is 0 Å². The quantitative estimate of drug-likeness (QED) is 0.842. The maximum Gasteiger partial charge on any atom is 0.251 e. The highest BCUT2D eigenvalue weighted by atomic mass is 35.5. The van der Waals surface area contributed by atoms with Gasteiger partial charge in [0.05, 0.1) is 0 Å². The summed E-state index contributed by atoms with van der Waals surface area (Å²) in [6.45, 7) is 4.07. The maximum atomic E-state index is 11.9. The largest absolute Gasteiger partial charge is 0.352 e. The summed E-state index contributed by atoms with van der Waals surface area (Å²) in [4.78, 5) is 29.1. The van der Waals surface area contributed by atoms with Crippen molar-refractivity contribution in [3.63, 3.8) is 0 Å². The highest BCUT2D eigenvalue weighted by molar-refractivity contribution is 6.29. The van der Waals surface area contributed by atoms with Gasteiger partial charge in [0, 0.05) is 37.8 Å². The van der Waals surface area contributed by atoms with Gasteiger partial charge in [0.25, 0.3) is 5.91 Å². The van der Waals surface area contributed by atoms with E-state index in [0.29, 0.717) is 30.2 Å². The number of carbonyl (C=O) groups excluding carboxylic acids is 2. The predicted octanol–water partition coefficient (Wildman–Crippen LogP) is 1.72. The molecule has 1 atom stereocenters. The highest BCUT2D eigenvalue weighted by Crippen LogP contribution is 2.12. The molecule has 0 spiro atoms. The molecule has 0 unspecified atom stereocenters. The van der Waals surface area contributed by atoms with E-state index in [2.05, 4.69) is 10.3 Å². The van der Waals surface area contributed by atoms with Crippen LogP contribution >= 0.6 is 11.6 Å². The van der Waals surface area contributed by atoms with Crippen molar-refractivity contribution in [2.75, 3.05) is 19.6 Å². The van der Waals surface area contributed by atoms with E-state index < -0.39 is 0 Å². The first-order valence-corrected chi connectivity index (χ1v) is 7.11. The number of amides is 2. The molecule has 1 aromatic rings. The van der Waals surface area contributed by atoms with Crippen LogP contribution in [-0.4, -0.2) is 41.3 Å². The number of nitrogens with zero attached hydrogens (tertiary/aromatic N) is 2. The van der Waals surface area contributed by atoms with E-state index in [1.54, 1.807) is 6.07 Å². The number of hydrogen-bond acceptors (Lipinski definition) is 3. The smallest absolute Gasteiger partial charge is 0.251 e. The van der Waals surface area contributed by atoms with Gasteiger partial charge in [-0.05, 0) is 24.5 Å².